The van der Waals surface area contributed by atoms with Crippen LogP contribution < -0.4 is 9.64 Å². The summed E-state index contributed by atoms with van der Waals surface area (Å²) in [7, 11) is 1.65. The molecule has 0 unspecified atom stereocenters. The van der Waals surface area contributed by atoms with Crippen molar-refractivity contribution in [3.63, 3.8) is 0 Å². The van der Waals surface area contributed by atoms with Crippen LogP contribution in [0.15, 0.2) is 54.7 Å². The summed E-state index contributed by atoms with van der Waals surface area (Å²) in [5.74, 6) is 0.817. The van der Waals surface area contributed by atoms with E-state index in [1.165, 1.54) is 0 Å². The lowest BCUT2D eigenvalue weighted by molar-refractivity contribution is 0.110. The molecular weight excluding hydrogens is 342 g/mol. The van der Waals surface area contributed by atoms with Gasteiger partial charge in [-0.25, -0.2) is 4.68 Å². The van der Waals surface area contributed by atoms with Gasteiger partial charge in [0.15, 0.2) is 6.23 Å². The van der Waals surface area contributed by atoms with Crippen molar-refractivity contribution in [2.75, 3.05) is 25.2 Å². The lowest BCUT2D eigenvalue weighted by Crippen LogP contribution is -2.23. The average molecular weight is 361 g/mol. The number of hydrogen-bond acceptors (Lipinski definition) is 6. The Bertz CT molecular complexity index is 961. The molecule has 1 aromatic heterocycles. The minimum atomic E-state index is -0.279. The van der Waals surface area contributed by atoms with E-state index in [-0.39, 0.29) is 6.23 Å². The third-order valence-electron chi connectivity index (χ3n) is 4.57. The highest BCUT2D eigenvalue weighted by atomic mass is 16.5. The number of rotatable bonds is 5. The van der Waals surface area contributed by atoms with Crippen molar-refractivity contribution in [3.8, 4) is 11.8 Å². The van der Waals surface area contributed by atoms with Gasteiger partial charge in [-0.15, -0.1) is 5.10 Å². The third kappa shape index (κ3) is 3.48. The number of nitriles is 1. The second-order valence-electron chi connectivity index (χ2n) is 6.22. The van der Waals surface area contributed by atoms with Gasteiger partial charge in [0.25, 0.3) is 0 Å². The molecule has 7 nitrogen and oxygen atoms in total. The summed E-state index contributed by atoms with van der Waals surface area (Å²) >= 11 is 0. The van der Waals surface area contributed by atoms with Crippen molar-refractivity contribution in [1.82, 2.24) is 15.0 Å². The molecular formula is C20H19N5O2. The van der Waals surface area contributed by atoms with Gasteiger partial charge in [-0.2, -0.15) is 5.26 Å². The minimum Gasteiger partial charge on any atom is -0.497 e. The van der Waals surface area contributed by atoms with Crippen LogP contribution in [0, 0.1) is 11.3 Å². The van der Waals surface area contributed by atoms with Crippen molar-refractivity contribution in [2.24, 2.45) is 0 Å². The Morgan fingerprint density at radius 3 is 2.81 bits per heavy atom. The molecule has 0 radical (unpaired) electrons. The fourth-order valence-corrected chi connectivity index (χ4v) is 3.20. The molecule has 4 rings (SSSR count). The van der Waals surface area contributed by atoms with E-state index < -0.39 is 0 Å². The number of nitrogens with zero attached hydrogens (tertiary/aromatic N) is 5. The molecule has 0 saturated carbocycles. The summed E-state index contributed by atoms with van der Waals surface area (Å²) in [6.45, 7) is 1.90. The first-order valence-corrected chi connectivity index (χ1v) is 8.69. The molecule has 0 bridgehead atoms. The monoisotopic (exact) mass is 361 g/mol. The van der Waals surface area contributed by atoms with Gasteiger partial charge in [0, 0.05) is 12.2 Å². The van der Waals surface area contributed by atoms with Crippen LogP contribution in [0.3, 0.4) is 0 Å². The van der Waals surface area contributed by atoms with E-state index in [0.717, 1.165) is 29.2 Å². The van der Waals surface area contributed by atoms with E-state index in [1.54, 1.807) is 17.9 Å². The van der Waals surface area contributed by atoms with Crippen molar-refractivity contribution < 1.29 is 9.47 Å². The first-order chi connectivity index (χ1) is 13.3. The molecule has 7 heteroatoms. The van der Waals surface area contributed by atoms with Crippen molar-refractivity contribution in [3.05, 3.63) is 71.5 Å². The van der Waals surface area contributed by atoms with Crippen LogP contribution in [-0.2, 0) is 11.3 Å². The predicted molar refractivity (Wildman–Crippen MR) is 99.3 cm³/mol. The minimum absolute atomic E-state index is 0.279. The molecule has 27 heavy (non-hydrogen) atoms. The fraction of sp³-hybridized carbons (Fsp3) is 0.250. The van der Waals surface area contributed by atoms with E-state index >= 15 is 0 Å². The maximum absolute atomic E-state index is 9.24. The normalized spacial score (nSPS) is 16.3. The van der Waals surface area contributed by atoms with Gasteiger partial charge in [0.05, 0.1) is 38.1 Å². The molecule has 136 valence electrons. The highest BCUT2D eigenvalue weighted by molar-refractivity contribution is 5.50. The largest absolute Gasteiger partial charge is 0.497 e. The van der Waals surface area contributed by atoms with Gasteiger partial charge >= 0.3 is 0 Å². The summed E-state index contributed by atoms with van der Waals surface area (Å²) in [5, 5.41) is 17.8. The van der Waals surface area contributed by atoms with E-state index in [2.05, 4.69) is 21.3 Å². The second kappa shape index (κ2) is 7.48. The molecule has 1 fully saturated rings. The van der Waals surface area contributed by atoms with Crippen LogP contribution in [0.4, 0.5) is 5.69 Å². The molecule has 2 aromatic carbocycles. The lowest BCUT2D eigenvalue weighted by atomic mass is 10.1. The summed E-state index contributed by atoms with van der Waals surface area (Å²) in [4.78, 5) is 2.15. The van der Waals surface area contributed by atoms with E-state index in [0.29, 0.717) is 18.7 Å². The molecule has 1 aliphatic rings. The number of anilines is 1. The first-order valence-electron chi connectivity index (χ1n) is 8.69. The zero-order valence-electron chi connectivity index (χ0n) is 14.9. The molecule has 1 atom stereocenters. The Kier molecular flexibility index (Phi) is 4.73. The highest BCUT2D eigenvalue weighted by Crippen LogP contribution is 2.32. The van der Waals surface area contributed by atoms with Crippen LogP contribution in [0.25, 0.3) is 0 Å². The standard InChI is InChI=1S/C20H19N5O2/c1-26-18-8-6-17(7-9-18)25-10-11-27-20(25)19-14-24(23-22-19)13-16-5-3-2-4-15(16)12-21/h2-9,14,20H,10-11,13H2,1H3/t20-/m1/s1. The summed E-state index contributed by atoms with van der Waals surface area (Å²) in [6.07, 6.45) is 1.60. The Hall–Kier alpha value is -3.37. The molecule has 0 spiro atoms. The number of hydrogen-bond donors (Lipinski definition) is 0. The van der Waals surface area contributed by atoms with Gasteiger partial charge in [-0.1, -0.05) is 23.4 Å². The topological polar surface area (TPSA) is 76.2 Å². The van der Waals surface area contributed by atoms with E-state index in [9.17, 15) is 5.26 Å². The van der Waals surface area contributed by atoms with Crippen molar-refractivity contribution in [1.29, 1.82) is 5.26 Å². The number of benzene rings is 2. The van der Waals surface area contributed by atoms with Crippen molar-refractivity contribution >= 4 is 5.69 Å². The Labute approximate surface area is 157 Å². The molecule has 1 aliphatic heterocycles. The maximum Gasteiger partial charge on any atom is 0.177 e. The molecule has 3 aromatic rings. The third-order valence-corrected chi connectivity index (χ3v) is 4.57. The van der Waals surface area contributed by atoms with Crippen LogP contribution in [0.1, 0.15) is 23.0 Å². The first kappa shape index (κ1) is 17.1. The van der Waals surface area contributed by atoms with Crippen LogP contribution in [0.5, 0.6) is 5.75 Å². The Morgan fingerprint density at radius 2 is 2.04 bits per heavy atom. The van der Waals surface area contributed by atoms with Gasteiger partial charge in [-0.3, -0.25) is 0 Å². The zero-order chi connectivity index (χ0) is 18.6. The maximum atomic E-state index is 9.24. The average Bonchev–Trinajstić information content (AvgIpc) is 3.38. The van der Waals surface area contributed by atoms with E-state index in [1.807, 2.05) is 48.7 Å². The smallest absolute Gasteiger partial charge is 0.177 e. The fourth-order valence-electron chi connectivity index (χ4n) is 3.20. The quantitative estimate of drug-likeness (QED) is 0.695. The molecule has 2 heterocycles. The molecule has 0 N–H and O–H groups in total. The summed E-state index contributed by atoms with van der Waals surface area (Å²) < 4.78 is 12.9. The van der Waals surface area contributed by atoms with Gasteiger partial charge in [0.2, 0.25) is 0 Å². The summed E-state index contributed by atoms with van der Waals surface area (Å²) in [6, 6.07) is 17.6. The van der Waals surface area contributed by atoms with Crippen LogP contribution in [-0.4, -0.2) is 35.3 Å². The SMILES string of the molecule is COc1ccc(N2CCO[C@@H]2c2cn(Cc3ccccc3C#N)nn2)cc1. The zero-order valence-corrected chi connectivity index (χ0v) is 14.9. The van der Waals surface area contributed by atoms with Gasteiger partial charge in [0.1, 0.15) is 11.4 Å². The lowest BCUT2D eigenvalue weighted by Gasteiger charge is -2.23. The Balaban J connectivity index is 1.54. The van der Waals surface area contributed by atoms with Crippen LogP contribution >= 0.6 is 0 Å². The van der Waals surface area contributed by atoms with E-state index in [4.69, 9.17) is 9.47 Å². The molecule has 1 saturated heterocycles. The predicted octanol–water partition coefficient (Wildman–Crippen LogP) is 2.74. The number of aromatic nitrogens is 3. The molecule has 0 aliphatic carbocycles. The summed E-state index contributed by atoms with van der Waals surface area (Å²) in [5.41, 5.74) is 3.35. The molecule has 0 amide bonds. The highest BCUT2D eigenvalue weighted by Gasteiger charge is 2.29. The van der Waals surface area contributed by atoms with Gasteiger partial charge in [-0.05, 0) is 35.9 Å². The Morgan fingerprint density at radius 1 is 1.22 bits per heavy atom. The van der Waals surface area contributed by atoms with Gasteiger partial charge < -0.3 is 14.4 Å². The van der Waals surface area contributed by atoms with Crippen LogP contribution in [0.2, 0.25) is 0 Å². The second-order valence-corrected chi connectivity index (χ2v) is 6.22. The van der Waals surface area contributed by atoms with Crippen molar-refractivity contribution in [2.45, 2.75) is 12.8 Å². The number of methoxy groups -OCH3 is 1. The number of ether oxygens (including phenoxy) is 2.